The summed E-state index contributed by atoms with van der Waals surface area (Å²) >= 11 is 1.19. The van der Waals surface area contributed by atoms with Crippen LogP contribution in [0.2, 0.25) is 0 Å². The zero-order chi connectivity index (χ0) is 23.2. The Kier molecular flexibility index (Phi) is 5.15. The molecule has 0 aliphatic rings. The Hall–Kier alpha value is -3.69. The van der Waals surface area contributed by atoms with E-state index in [1.165, 1.54) is 29.5 Å². The van der Waals surface area contributed by atoms with Crippen molar-refractivity contribution in [2.75, 3.05) is 11.6 Å². The first-order valence-corrected chi connectivity index (χ1v) is 12.6. The summed E-state index contributed by atoms with van der Waals surface area (Å²) in [5.41, 5.74) is 2.85. The van der Waals surface area contributed by atoms with E-state index in [2.05, 4.69) is 15.3 Å². The first-order chi connectivity index (χ1) is 15.8. The van der Waals surface area contributed by atoms with Gasteiger partial charge in [-0.15, -0.1) is 0 Å². The van der Waals surface area contributed by atoms with Gasteiger partial charge in [0.05, 0.1) is 31.9 Å². The fourth-order valence-corrected chi connectivity index (χ4v) is 5.11. The molecule has 1 amide bonds. The summed E-state index contributed by atoms with van der Waals surface area (Å²) in [7, 11) is -3.35. The van der Waals surface area contributed by atoms with Crippen molar-refractivity contribution in [2.24, 2.45) is 0 Å². The minimum Gasteiger partial charge on any atom is -0.298 e. The number of sulfone groups is 1. The maximum absolute atomic E-state index is 13.4. The molecule has 9 heteroatoms. The van der Waals surface area contributed by atoms with Crippen molar-refractivity contribution in [3.8, 4) is 11.3 Å². The molecule has 0 radical (unpaired) electrons. The van der Waals surface area contributed by atoms with Crippen molar-refractivity contribution in [1.82, 2.24) is 9.97 Å². The van der Waals surface area contributed by atoms with Crippen LogP contribution in [0.15, 0.2) is 77.7 Å². The summed E-state index contributed by atoms with van der Waals surface area (Å²) in [5, 5.41) is 3.84. The standard InChI is InChI=1S/C24H16FN3O3S2/c1-33(30,31)16-10-11-20-22(12-16)32-24(27-20)28-23(29)18-13-21(14-6-8-15(25)9-7-14)26-19-5-3-2-4-17(18)19/h2-13H,1H3,(H,27,28,29). The molecular weight excluding hydrogens is 461 g/mol. The lowest BCUT2D eigenvalue weighted by Gasteiger charge is -2.09. The van der Waals surface area contributed by atoms with Crippen LogP contribution in [0.5, 0.6) is 0 Å². The van der Waals surface area contributed by atoms with Gasteiger partial charge in [-0.05, 0) is 54.6 Å². The molecule has 33 heavy (non-hydrogen) atoms. The van der Waals surface area contributed by atoms with Gasteiger partial charge in [-0.1, -0.05) is 29.5 Å². The van der Waals surface area contributed by atoms with Gasteiger partial charge < -0.3 is 0 Å². The second kappa shape index (κ2) is 8.02. The highest BCUT2D eigenvalue weighted by molar-refractivity contribution is 7.90. The molecule has 2 heterocycles. The number of thiazole rings is 1. The minimum absolute atomic E-state index is 0.195. The molecule has 0 bridgehead atoms. The van der Waals surface area contributed by atoms with Crippen LogP contribution in [0.1, 0.15) is 10.4 Å². The van der Waals surface area contributed by atoms with Crippen LogP contribution < -0.4 is 5.32 Å². The molecular formula is C24H16FN3O3S2. The summed E-state index contributed by atoms with van der Waals surface area (Å²) in [4.78, 5) is 22.5. The number of amides is 1. The molecule has 0 saturated heterocycles. The molecule has 5 aromatic rings. The average molecular weight is 478 g/mol. The van der Waals surface area contributed by atoms with Crippen molar-refractivity contribution in [3.63, 3.8) is 0 Å². The molecule has 0 spiro atoms. The molecule has 6 nitrogen and oxygen atoms in total. The Morgan fingerprint density at radius 2 is 1.70 bits per heavy atom. The van der Waals surface area contributed by atoms with Gasteiger partial charge >= 0.3 is 0 Å². The summed E-state index contributed by atoms with van der Waals surface area (Å²) in [5.74, 6) is -0.730. The van der Waals surface area contributed by atoms with E-state index in [9.17, 15) is 17.6 Å². The Morgan fingerprint density at radius 3 is 2.45 bits per heavy atom. The van der Waals surface area contributed by atoms with Crippen molar-refractivity contribution in [3.05, 3.63) is 84.2 Å². The molecule has 0 aliphatic heterocycles. The number of fused-ring (bicyclic) bond motifs is 2. The molecule has 0 fully saturated rings. The fraction of sp³-hybridized carbons (Fsp3) is 0.0417. The second-order valence-corrected chi connectivity index (χ2v) is 10.5. The smallest absolute Gasteiger partial charge is 0.258 e. The maximum Gasteiger partial charge on any atom is 0.258 e. The van der Waals surface area contributed by atoms with E-state index in [0.717, 1.165) is 6.26 Å². The number of aromatic nitrogens is 2. The van der Waals surface area contributed by atoms with E-state index in [-0.39, 0.29) is 16.6 Å². The van der Waals surface area contributed by atoms with Crippen molar-refractivity contribution in [1.29, 1.82) is 0 Å². The maximum atomic E-state index is 13.4. The minimum atomic E-state index is -3.35. The van der Waals surface area contributed by atoms with Crippen LogP contribution in [0.3, 0.4) is 0 Å². The zero-order valence-corrected chi connectivity index (χ0v) is 18.9. The highest BCUT2D eigenvalue weighted by Gasteiger charge is 2.17. The third-order valence-electron chi connectivity index (χ3n) is 5.11. The lowest BCUT2D eigenvalue weighted by molar-refractivity contribution is 0.102. The normalized spacial score (nSPS) is 11.7. The number of benzene rings is 3. The van der Waals surface area contributed by atoms with Crippen molar-refractivity contribution < 1.29 is 17.6 Å². The third-order valence-corrected chi connectivity index (χ3v) is 7.15. The Balaban J connectivity index is 1.54. The average Bonchev–Trinajstić information content (AvgIpc) is 3.19. The van der Waals surface area contributed by atoms with Gasteiger partial charge in [0, 0.05) is 17.2 Å². The van der Waals surface area contributed by atoms with Gasteiger partial charge in [0.1, 0.15) is 5.82 Å². The summed E-state index contributed by atoms with van der Waals surface area (Å²) < 4.78 is 37.7. The summed E-state index contributed by atoms with van der Waals surface area (Å²) in [6.07, 6.45) is 1.14. The zero-order valence-electron chi connectivity index (χ0n) is 17.2. The van der Waals surface area contributed by atoms with Gasteiger partial charge in [-0.25, -0.2) is 22.8 Å². The van der Waals surface area contributed by atoms with E-state index >= 15 is 0 Å². The molecule has 0 unspecified atom stereocenters. The highest BCUT2D eigenvalue weighted by atomic mass is 32.2. The molecule has 5 rings (SSSR count). The van der Waals surface area contributed by atoms with E-state index in [1.54, 1.807) is 30.3 Å². The monoisotopic (exact) mass is 477 g/mol. The van der Waals surface area contributed by atoms with Crippen LogP contribution >= 0.6 is 11.3 Å². The van der Waals surface area contributed by atoms with Gasteiger partial charge in [0.2, 0.25) is 0 Å². The van der Waals surface area contributed by atoms with Crippen LogP contribution in [-0.2, 0) is 9.84 Å². The number of carbonyl (C=O) groups is 1. The number of rotatable bonds is 4. The number of anilines is 1. The van der Waals surface area contributed by atoms with Gasteiger partial charge in [0.15, 0.2) is 15.0 Å². The van der Waals surface area contributed by atoms with Crippen LogP contribution in [0, 0.1) is 5.82 Å². The topological polar surface area (TPSA) is 89.0 Å². The predicted molar refractivity (Wildman–Crippen MR) is 128 cm³/mol. The Labute approximate surface area is 192 Å². The number of hydrogen-bond donors (Lipinski definition) is 1. The second-order valence-electron chi connectivity index (χ2n) is 7.45. The van der Waals surface area contributed by atoms with Gasteiger partial charge in [0.25, 0.3) is 5.91 Å². The van der Waals surface area contributed by atoms with Crippen LogP contribution in [-0.4, -0.2) is 30.5 Å². The third kappa shape index (κ3) is 4.20. The number of pyridine rings is 1. The lowest BCUT2D eigenvalue weighted by atomic mass is 10.0. The SMILES string of the molecule is CS(=O)(=O)c1ccc2nc(NC(=O)c3cc(-c4ccc(F)cc4)nc4ccccc34)sc2c1. The molecule has 3 aromatic carbocycles. The summed E-state index contributed by atoms with van der Waals surface area (Å²) in [6, 6.07) is 19.5. The molecule has 164 valence electrons. The van der Waals surface area contributed by atoms with Crippen molar-refractivity contribution in [2.45, 2.75) is 4.90 Å². The molecule has 0 saturated carbocycles. The largest absolute Gasteiger partial charge is 0.298 e. The van der Waals surface area contributed by atoms with Gasteiger partial charge in [-0.3, -0.25) is 10.1 Å². The molecule has 1 N–H and O–H groups in total. The lowest BCUT2D eigenvalue weighted by Crippen LogP contribution is -2.13. The Bertz CT molecular complexity index is 1650. The van der Waals surface area contributed by atoms with Crippen LogP contribution in [0.4, 0.5) is 9.52 Å². The summed E-state index contributed by atoms with van der Waals surface area (Å²) in [6.45, 7) is 0. The number of nitrogens with one attached hydrogen (secondary N) is 1. The first-order valence-electron chi connectivity index (χ1n) is 9.86. The Morgan fingerprint density at radius 1 is 0.939 bits per heavy atom. The van der Waals surface area contributed by atoms with Gasteiger partial charge in [-0.2, -0.15) is 0 Å². The number of nitrogens with zero attached hydrogens (tertiary/aromatic N) is 2. The quantitative estimate of drug-likeness (QED) is 0.379. The van der Waals surface area contributed by atoms with Crippen molar-refractivity contribution >= 4 is 53.3 Å². The number of para-hydroxylation sites is 1. The highest BCUT2D eigenvalue weighted by Crippen LogP contribution is 2.30. The predicted octanol–water partition coefficient (Wildman–Crippen LogP) is 5.31. The van der Waals surface area contributed by atoms with E-state index < -0.39 is 9.84 Å². The fourth-order valence-electron chi connectivity index (χ4n) is 3.49. The molecule has 0 atom stereocenters. The number of hydrogen-bond acceptors (Lipinski definition) is 6. The van der Waals surface area contributed by atoms with Crippen LogP contribution in [0.25, 0.3) is 32.4 Å². The first kappa shape index (κ1) is 21.2. The number of carbonyl (C=O) groups excluding carboxylic acids is 1. The molecule has 2 aromatic heterocycles. The van der Waals surface area contributed by atoms with E-state index in [1.807, 2.05) is 24.3 Å². The number of halogens is 1. The molecule has 0 aliphatic carbocycles. The van der Waals surface area contributed by atoms with E-state index in [0.29, 0.717) is 43.1 Å². The van der Waals surface area contributed by atoms with E-state index in [4.69, 9.17) is 0 Å².